The second-order valence-corrected chi connectivity index (χ2v) is 8.19. The van der Waals surface area contributed by atoms with Gasteiger partial charge in [0.15, 0.2) is 17.9 Å². The minimum atomic E-state index is -1.66. The molecule has 1 spiro atoms. The van der Waals surface area contributed by atoms with E-state index in [2.05, 4.69) is 0 Å². The minimum absolute atomic E-state index is 0.0829. The first-order valence-electron chi connectivity index (χ1n) is 7.85. The molecule has 3 fully saturated rings. The van der Waals surface area contributed by atoms with E-state index in [9.17, 15) is 4.79 Å². The Kier molecular flexibility index (Phi) is 3.77. The molecule has 2 saturated heterocycles. The molecule has 1 aliphatic carbocycles. The van der Waals surface area contributed by atoms with Crippen molar-refractivity contribution in [3.8, 4) is 0 Å². The van der Waals surface area contributed by atoms with Gasteiger partial charge in [-0.25, -0.2) is 0 Å². The summed E-state index contributed by atoms with van der Waals surface area (Å²) >= 11 is 12.6. The van der Waals surface area contributed by atoms with Gasteiger partial charge >= 0.3 is 0 Å². The maximum Gasteiger partial charge on any atom is 0.207 e. The number of rotatable bonds is 3. The highest BCUT2D eigenvalue weighted by Gasteiger charge is 2.77. The van der Waals surface area contributed by atoms with Crippen LogP contribution in [0.4, 0.5) is 0 Å². The molecular weight excluding hydrogens is 355 g/mol. The van der Waals surface area contributed by atoms with Crippen molar-refractivity contribution < 1.29 is 23.7 Å². The molecule has 4 rings (SSSR count). The van der Waals surface area contributed by atoms with E-state index in [4.69, 9.17) is 42.1 Å². The zero-order valence-corrected chi connectivity index (χ0v) is 14.8. The fourth-order valence-corrected chi connectivity index (χ4v) is 4.14. The van der Waals surface area contributed by atoms with Gasteiger partial charge in [-0.1, -0.05) is 53.5 Å². The smallest absolute Gasteiger partial charge is 0.207 e. The lowest BCUT2D eigenvalue weighted by atomic mass is 9.73. The summed E-state index contributed by atoms with van der Waals surface area (Å²) in [5.41, 5.74) is -0.150. The van der Waals surface area contributed by atoms with Crippen molar-refractivity contribution in [1.82, 2.24) is 0 Å². The number of carbonyl (C=O) groups is 1. The van der Waals surface area contributed by atoms with Crippen molar-refractivity contribution in [2.45, 2.75) is 61.1 Å². The summed E-state index contributed by atoms with van der Waals surface area (Å²) < 4.78 is 22.1. The van der Waals surface area contributed by atoms with E-state index in [-0.39, 0.29) is 12.2 Å². The van der Waals surface area contributed by atoms with Gasteiger partial charge in [0.05, 0.1) is 6.61 Å². The zero-order chi connectivity index (χ0) is 17.2. The Labute approximate surface area is 150 Å². The van der Waals surface area contributed by atoms with Gasteiger partial charge in [0.1, 0.15) is 17.8 Å². The van der Waals surface area contributed by atoms with Gasteiger partial charge in [0.2, 0.25) is 4.33 Å². The maximum absolute atomic E-state index is 11.9. The first kappa shape index (κ1) is 16.8. The Morgan fingerprint density at radius 3 is 2.50 bits per heavy atom. The predicted octanol–water partition coefficient (Wildman–Crippen LogP) is 2.97. The van der Waals surface area contributed by atoms with Gasteiger partial charge in [-0.2, -0.15) is 0 Å². The highest BCUT2D eigenvalue weighted by atomic mass is 35.5. The number of Topliss-reactive ketones (excluding diaryl/α,β-unsaturated/α-hetero) is 1. The van der Waals surface area contributed by atoms with Crippen molar-refractivity contribution in [3.05, 3.63) is 35.9 Å². The molecule has 1 saturated carbocycles. The van der Waals surface area contributed by atoms with Crippen LogP contribution in [0.3, 0.4) is 0 Å². The lowest BCUT2D eigenvalue weighted by Gasteiger charge is -2.50. The Morgan fingerprint density at radius 1 is 1.17 bits per heavy atom. The number of carbonyl (C=O) groups excluding carboxylic acids is 1. The fraction of sp³-hybridized carbons (Fsp3) is 0.588. The number of hydrogen-bond acceptors (Lipinski definition) is 5. The highest BCUT2D eigenvalue weighted by molar-refractivity contribution is 6.61. The third kappa shape index (κ3) is 2.34. The van der Waals surface area contributed by atoms with E-state index in [0.717, 1.165) is 5.56 Å². The molecule has 3 aliphatic rings. The molecule has 24 heavy (non-hydrogen) atoms. The number of ether oxygens (including phenoxy) is 4. The average molecular weight is 373 g/mol. The quantitative estimate of drug-likeness (QED) is 0.763. The molecular formula is C17H18Cl2O5. The van der Waals surface area contributed by atoms with Crippen LogP contribution in [0.5, 0.6) is 0 Å². The van der Waals surface area contributed by atoms with E-state index in [1.54, 1.807) is 13.8 Å². The van der Waals surface area contributed by atoms with Crippen molar-refractivity contribution in [1.29, 1.82) is 0 Å². The molecule has 0 aromatic heterocycles. The van der Waals surface area contributed by atoms with Crippen molar-refractivity contribution in [2.24, 2.45) is 0 Å². The number of alkyl halides is 2. The molecule has 0 amide bonds. The van der Waals surface area contributed by atoms with Gasteiger partial charge in [-0.3, -0.25) is 4.79 Å². The highest BCUT2D eigenvalue weighted by Crippen LogP contribution is 2.60. The van der Waals surface area contributed by atoms with Gasteiger partial charge in [0, 0.05) is 6.42 Å². The SMILES string of the molecule is CC1(C)OC2O[C@]3(CC(=O)C3(Cl)Cl)C(OCc3ccccc3)[C@@H]2O1. The predicted molar refractivity (Wildman–Crippen MR) is 86.7 cm³/mol. The number of fused-ring (bicyclic) bond motifs is 1. The first-order chi connectivity index (χ1) is 11.3. The van der Waals surface area contributed by atoms with E-state index < -0.39 is 34.2 Å². The second-order valence-electron chi connectivity index (χ2n) is 6.87. The Balaban J connectivity index is 1.60. The maximum atomic E-state index is 11.9. The third-order valence-corrected chi connectivity index (χ3v) is 5.81. The lowest BCUT2D eigenvalue weighted by Crippen LogP contribution is -2.70. The van der Waals surface area contributed by atoms with Gasteiger partial charge in [0.25, 0.3) is 0 Å². The molecule has 0 radical (unpaired) electrons. The molecule has 7 heteroatoms. The second kappa shape index (κ2) is 5.40. The molecule has 1 aromatic carbocycles. The fourth-order valence-electron chi connectivity index (χ4n) is 3.57. The summed E-state index contributed by atoms with van der Waals surface area (Å²) in [5.74, 6) is -1.07. The van der Waals surface area contributed by atoms with Crippen LogP contribution >= 0.6 is 23.2 Å². The summed E-state index contributed by atoms with van der Waals surface area (Å²) in [7, 11) is 0. The van der Waals surface area contributed by atoms with E-state index in [1.807, 2.05) is 30.3 Å². The zero-order valence-electron chi connectivity index (χ0n) is 13.3. The molecule has 0 N–H and O–H groups in total. The van der Waals surface area contributed by atoms with Crippen molar-refractivity contribution >= 4 is 29.0 Å². The summed E-state index contributed by atoms with van der Waals surface area (Å²) in [6.07, 6.45) is -1.67. The summed E-state index contributed by atoms with van der Waals surface area (Å²) in [6, 6.07) is 9.71. The number of hydrogen-bond donors (Lipinski definition) is 0. The van der Waals surface area contributed by atoms with E-state index >= 15 is 0 Å². The topological polar surface area (TPSA) is 54.0 Å². The number of benzene rings is 1. The molecule has 5 nitrogen and oxygen atoms in total. The minimum Gasteiger partial charge on any atom is -0.367 e. The van der Waals surface area contributed by atoms with Crippen LogP contribution in [0, 0.1) is 0 Å². The third-order valence-electron chi connectivity index (χ3n) is 4.75. The Morgan fingerprint density at radius 2 is 1.88 bits per heavy atom. The van der Waals surface area contributed by atoms with Gasteiger partial charge < -0.3 is 18.9 Å². The van der Waals surface area contributed by atoms with Crippen molar-refractivity contribution in [3.63, 3.8) is 0 Å². The summed E-state index contributed by atoms with van der Waals surface area (Å²) in [6.45, 7) is 3.94. The van der Waals surface area contributed by atoms with Crippen LogP contribution in [0.1, 0.15) is 25.8 Å². The van der Waals surface area contributed by atoms with Crippen LogP contribution in [0.25, 0.3) is 0 Å². The number of halogens is 2. The van der Waals surface area contributed by atoms with Crippen LogP contribution in [-0.2, 0) is 30.3 Å². The van der Waals surface area contributed by atoms with E-state index in [1.165, 1.54) is 0 Å². The molecule has 2 aliphatic heterocycles. The lowest BCUT2D eigenvalue weighted by molar-refractivity contribution is -0.256. The average Bonchev–Trinajstić information content (AvgIpc) is 2.97. The summed E-state index contributed by atoms with van der Waals surface area (Å²) in [5, 5.41) is 0. The molecule has 130 valence electrons. The van der Waals surface area contributed by atoms with Crippen LogP contribution < -0.4 is 0 Å². The molecule has 2 unspecified atom stereocenters. The van der Waals surface area contributed by atoms with Crippen LogP contribution in [0.2, 0.25) is 0 Å². The first-order valence-corrected chi connectivity index (χ1v) is 8.61. The summed E-state index contributed by atoms with van der Waals surface area (Å²) in [4.78, 5) is 11.9. The normalized spacial score (nSPS) is 39.0. The van der Waals surface area contributed by atoms with Crippen molar-refractivity contribution in [2.75, 3.05) is 0 Å². The van der Waals surface area contributed by atoms with Crippen LogP contribution in [0.15, 0.2) is 30.3 Å². The van der Waals surface area contributed by atoms with Crippen LogP contribution in [-0.4, -0.2) is 40.0 Å². The molecule has 0 bridgehead atoms. The van der Waals surface area contributed by atoms with Gasteiger partial charge in [-0.15, -0.1) is 0 Å². The van der Waals surface area contributed by atoms with E-state index in [0.29, 0.717) is 6.61 Å². The standard InChI is InChI=1S/C17H18Cl2O5/c1-15(2)22-12-13(21-9-10-6-4-3-5-7-10)16(24-14(12)23-15)8-11(20)17(16,18)19/h3-7,12-14H,8-9H2,1-2H3/t12-,13?,14?,16+/m0/s1. The monoisotopic (exact) mass is 372 g/mol. The Hall–Kier alpha value is -0.690. The Bertz CT molecular complexity index is 662. The van der Waals surface area contributed by atoms with Gasteiger partial charge in [-0.05, 0) is 19.4 Å². The molecule has 4 atom stereocenters. The molecule has 1 aromatic rings. The number of ketones is 1. The largest absolute Gasteiger partial charge is 0.367 e. The molecule has 2 heterocycles.